The Balaban J connectivity index is 1.91. The normalized spacial score (nSPS) is 21.1. The second-order valence-electron chi connectivity index (χ2n) is 4.15. The number of aryl methyl sites for hydroxylation is 1. The molecule has 2 heterocycles. The van der Waals surface area contributed by atoms with Crippen molar-refractivity contribution in [1.82, 2.24) is 25.2 Å². The first-order valence-corrected chi connectivity index (χ1v) is 5.47. The maximum Gasteiger partial charge on any atom is 0.246 e. The van der Waals surface area contributed by atoms with Gasteiger partial charge in [0.1, 0.15) is 0 Å². The summed E-state index contributed by atoms with van der Waals surface area (Å²) in [6, 6.07) is -0.306. The van der Waals surface area contributed by atoms with E-state index in [0.717, 1.165) is 5.69 Å². The summed E-state index contributed by atoms with van der Waals surface area (Å²) in [5.41, 5.74) is 0.778. The van der Waals surface area contributed by atoms with Crippen LogP contribution in [-0.4, -0.2) is 44.8 Å². The SMILES string of the molecule is CN1C(=O)CCC(NCc2cn(C)nn2)C1=O. The van der Waals surface area contributed by atoms with Crippen molar-refractivity contribution >= 4 is 11.8 Å². The standard InChI is InChI=1S/C10H15N5O2/c1-14-6-7(12-13-14)5-11-8-3-4-9(16)15(2)10(8)17/h6,8,11H,3-5H2,1-2H3. The molecule has 0 bridgehead atoms. The Kier molecular flexibility index (Phi) is 3.19. The molecule has 1 saturated heterocycles. The van der Waals surface area contributed by atoms with Gasteiger partial charge in [0, 0.05) is 33.3 Å². The highest BCUT2D eigenvalue weighted by molar-refractivity contribution is 6.00. The molecule has 92 valence electrons. The van der Waals surface area contributed by atoms with E-state index in [2.05, 4.69) is 15.6 Å². The van der Waals surface area contributed by atoms with Crippen LogP contribution >= 0.6 is 0 Å². The molecule has 1 aliphatic heterocycles. The second-order valence-corrected chi connectivity index (χ2v) is 4.15. The highest BCUT2D eigenvalue weighted by Crippen LogP contribution is 2.11. The van der Waals surface area contributed by atoms with Gasteiger partial charge >= 0.3 is 0 Å². The van der Waals surface area contributed by atoms with Crippen LogP contribution in [0.1, 0.15) is 18.5 Å². The highest BCUT2D eigenvalue weighted by atomic mass is 16.2. The van der Waals surface area contributed by atoms with E-state index in [4.69, 9.17) is 0 Å². The minimum atomic E-state index is -0.306. The quantitative estimate of drug-likeness (QED) is 0.686. The van der Waals surface area contributed by atoms with Gasteiger partial charge in [0.15, 0.2) is 0 Å². The molecule has 1 aliphatic rings. The van der Waals surface area contributed by atoms with E-state index >= 15 is 0 Å². The Bertz CT molecular complexity index is 442. The lowest BCUT2D eigenvalue weighted by molar-refractivity contribution is -0.148. The summed E-state index contributed by atoms with van der Waals surface area (Å²) in [6.45, 7) is 0.478. The van der Waals surface area contributed by atoms with Crippen LogP contribution < -0.4 is 5.32 Å². The van der Waals surface area contributed by atoms with Crippen LogP contribution in [-0.2, 0) is 23.2 Å². The van der Waals surface area contributed by atoms with Gasteiger partial charge in [0.05, 0.1) is 11.7 Å². The average molecular weight is 237 g/mol. The highest BCUT2D eigenvalue weighted by Gasteiger charge is 2.31. The molecule has 0 aromatic carbocycles. The topological polar surface area (TPSA) is 80.1 Å². The third-order valence-electron chi connectivity index (χ3n) is 2.83. The van der Waals surface area contributed by atoms with Gasteiger partial charge in [-0.2, -0.15) is 0 Å². The molecule has 17 heavy (non-hydrogen) atoms. The van der Waals surface area contributed by atoms with Crippen LogP contribution in [0.5, 0.6) is 0 Å². The number of piperidine rings is 1. The van der Waals surface area contributed by atoms with Crippen molar-refractivity contribution in [2.75, 3.05) is 7.05 Å². The van der Waals surface area contributed by atoms with Crippen molar-refractivity contribution in [3.63, 3.8) is 0 Å². The Hall–Kier alpha value is -1.76. The van der Waals surface area contributed by atoms with Gasteiger partial charge in [-0.05, 0) is 6.42 Å². The third kappa shape index (κ3) is 2.50. The summed E-state index contributed by atoms with van der Waals surface area (Å²) < 4.78 is 1.61. The number of likely N-dealkylation sites (N-methyl/N-ethyl adjacent to an activating group) is 1. The first-order chi connectivity index (χ1) is 8.08. The smallest absolute Gasteiger partial charge is 0.246 e. The molecule has 1 N–H and O–H groups in total. The minimum Gasteiger partial charge on any atom is -0.300 e. The second kappa shape index (κ2) is 4.62. The number of carbonyl (C=O) groups excluding carboxylic acids is 2. The van der Waals surface area contributed by atoms with Crippen molar-refractivity contribution in [1.29, 1.82) is 0 Å². The zero-order valence-corrected chi connectivity index (χ0v) is 9.88. The van der Waals surface area contributed by atoms with E-state index < -0.39 is 0 Å². The molecule has 1 aromatic rings. The third-order valence-corrected chi connectivity index (χ3v) is 2.83. The number of carbonyl (C=O) groups is 2. The van der Waals surface area contributed by atoms with Crippen molar-refractivity contribution in [2.45, 2.75) is 25.4 Å². The summed E-state index contributed by atoms with van der Waals surface area (Å²) in [6.07, 6.45) is 2.73. The van der Waals surface area contributed by atoms with Gasteiger partial charge < -0.3 is 5.32 Å². The monoisotopic (exact) mass is 237 g/mol. The summed E-state index contributed by atoms with van der Waals surface area (Å²) in [4.78, 5) is 24.2. The molecule has 0 radical (unpaired) electrons. The number of nitrogens with one attached hydrogen (secondary N) is 1. The number of hydrogen-bond donors (Lipinski definition) is 1. The number of amides is 2. The van der Waals surface area contributed by atoms with Gasteiger partial charge in [-0.25, -0.2) is 0 Å². The van der Waals surface area contributed by atoms with Crippen molar-refractivity contribution < 1.29 is 9.59 Å². The van der Waals surface area contributed by atoms with Crippen LogP contribution in [0.4, 0.5) is 0 Å². The average Bonchev–Trinajstić information content (AvgIpc) is 2.71. The lowest BCUT2D eigenvalue weighted by Gasteiger charge is -2.27. The predicted octanol–water partition coefficient (Wildman–Crippen LogP) is -0.948. The lowest BCUT2D eigenvalue weighted by Crippen LogP contribution is -2.51. The fourth-order valence-electron chi connectivity index (χ4n) is 1.81. The van der Waals surface area contributed by atoms with E-state index in [0.29, 0.717) is 19.4 Å². The summed E-state index contributed by atoms with van der Waals surface area (Å²) in [5.74, 6) is -0.294. The molecule has 0 spiro atoms. The predicted molar refractivity (Wildman–Crippen MR) is 58.6 cm³/mol. The molecule has 7 nitrogen and oxygen atoms in total. The first kappa shape index (κ1) is 11.7. The largest absolute Gasteiger partial charge is 0.300 e. The molecule has 0 aliphatic carbocycles. The van der Waals surface area contributed by atoms with E-state index in [1.54, 1.807) is 17.9 Å². The van der Waals surface area contributed by atoms with E-state index in [9.17, 15) is 9.59 Å². The molecule has 1 atom stereocenters. The maximum absolute atomic E-state index is 11.8. The molecule has 1 aromatic heterocycles. The number of aromatic nitrogens is 3. The molecule has 1 fully saturated rings. The maximum atomic E-state index is 11.8. The number of rotatable bonds is 3. The van der Waals surface area contributed by atoms with Crippen molar-refractivity contribution in [2.24, 2.45) is 7.05 Å². The molecular weight excluding hydrogens is 222 g/mol. The Morgan fingerprint density at radius 1 is 1.47 bits per heavy atom. The lowest BCUT2D eigenvalue weighted by atomic mass is 10.0. The Labute approximate surface area is 98.8 Å². The molecule has 2 rings (SSSR count). The van der Waals surface area contributed by atoms with Crippen LogP contribution in [0.15, 0.2) is 6.20 Å². The van der Waals surface area contributed by atoms with Gasteiger partial charge in [0.2, 0.25) is 11.8 Å². The van der Waals surface area contributed by atoms with Crippen molar-refractivity contribution in [3.8, 4) is 0 Å². The van der Waals surface area contributed by atoms with Gasteiger partial charge in [-0.3, -0.25) is 19.2 Å². The van der Waals surface area contributed by atoms with E-state index in [1.165, 1.54) is 11.9 Å². The fraction of sp³-hybridized carbons (Fsp3) is 0.600. The van der Waals surface area contributed by atoms with Crippen molar-refractivity contribution in [3.05, 3.63) is 11.9 Å². The van der Waals surface area contributed by atoms with Crippen LogP contribution in [0, 0.1) is 0 Å². The number of hydrogen-bond acceptors (Lipinski definition) is 5. The van der Waals surface area contributed by atoms with Crippen LogP contribution in [0.3, 0.4) is 0 Å². The molecule has 2 amide bonds. The van der Waals surface area contributed by atoms with E-state index in [1.807, 2.05) is 0 Å². The van der Waals surface area contributed by atoms with Gasteiger partial charge in [-0.15, -0.1) is 5.10 Å². The van der Waals surface area contributed by atoms with Crippen LogP contribution in [0.2, 0.25) is 0 Å². The van der Waals surface area contributed by atoms with Gasteiger partial charge in [-0.1, -0.05) is 5.21 Å². The minimum absolute atomic E-state index is 0.118. The zero-order chi connectivity index (χ0) is 12.4. The zero-order valence-electron chi connectivity index (χ0n) is 9.88. The summed E-state index contributed by atoms with van der Waals surface area (Å²) in [5, 5.41) is 10.8. The van der Waals surface area contributed by atoms with E-state index in [-0.39, 0.29) is 17.9 Å². The Morgan fingerprint density at radius 3 is 2.88 bits per heavy atom. The summed E-state index contributed by atoms with van der Waals surface area (Å²) in [7, 11) is 3.30. The van der Waals surface area contributed by atoms with Gasteiger partial charge in [0.25, 0.3) is 0 Å². The first-order valence-electron chi connectivity index (χ1n) is 5.47. The molecule has 1 unspecified atom stereocenters. The van der Waals surface area contributed by atoms with Crippen LogP contribution in [0.25, 0.3) is 0 Å². The molecular formula is C10H15N5O2. The number of likely N-dealkylation sites (tertiary alicyclic amines) is 1. The Morgan fingerprint density at radius 2 is 2.24 bits per heavy atom. The number of imide groups is 1. The molecule has 7 heteroatoms. The summed E-state index contributed by atoms with van der Waals surface area (Å²) >= 11 is 0. The fourth-order valence-corrected chi connectivity index (χ4v) is 1.81. The number of nitrogens with zero attached hydrogens (tertiary/aromatic N) is 4. The molecule has 0 saturated carbocycles.